The van der Waals surface area contributed by atoms with Crippen molar-refractivity contribution < 1.29 is 0 Å². The molecule has 0 unspecified atom stereocenters. The Morgan fingerprint density at radius 1 is 0.857 bits per heavy atom. The van der Waals surface area contributed by atoms with Gasteiger partial charge in [-0.1, -0.05) is 24.4 Å². The van der Waals surface area contributed by atoms with Crippen molar-refractivity contribution in [3.05, 3.63) is 44.8 Å². The smallest absolute Gasteiger partial charge is 0.0644 e. The molecule has 14 heavy (non-hydrogen) atoms. The molecular formula is C10H6S4. The van der Waals surface area contributed by atoms with E-state index in [1.807, 2.05) is 33.7 Å². The lowest BCUT2D eigenvalue weighted by Gasteiger charge is -2.00. The van der Waals surface area contributed by atoms with Crippen LogP contribution < -0.4 is 0 Å². The minimum Gasteiger partial charge on any atom is -0.152 e. The lowest BCUT2D eigenvalue weighted by Crippen LogP contribution is -2.09. The summed E-state index contributed by atoms with van der Waals surface area (Å²) in [6, 6.07) is 4.01. The fourth-order valence-corrected chi connectivity index (χ4v) is 2.98. The van der Waals surface area contributed by atoms with E-state index in [1.165, 1.54) is 0 Å². The van der Waals surface area contributed by atoms with E-state index in [2.05, 4.69) is 0 Å². The molecule has 0 nitrogen and oxygen atoms in total. The highest BCUT2D eigenvalue weighted by molar-refractivity contribution is 7.90. The molecule has 0 radical (unpaired) electrons. The number of hydrogen-bond donors (Lipinski definition) is 0. The predicted octanol–water partition coefficient (Wildman–Crippen LogP) is 3.95. The van der Waals surface area contributed by atoms with Crippen LogP contribution in [0.2, 0.25) is 0 Å². The molecule has 0 aliphatic rings. The molecule has 0 atom stereocenters. The van der Waals surface area contributed by atoms with Crippen LogP contribution in [0.5, 0.6) is 0 Å². The average Bonchev–Trinajstić information content (AvgIpc) is 2.87. The third kappa shape index (κ3) is 1.98. The molecule has 0 amide bonds. The van der Waals surface area contributed by atoms with Gasteiger partial charge in [0.25, 0.3) is 0 Å². The normalized spacial score (nSPS) is 10.0. The van der Waals surface area contributed by atoms with Gasteiger partial charge in [-0.05, 0) is 33.7 Å². The van der Waals surface area contributed by atoms with Crippen molar-refractivity contribution in [3.8, 4) is 0 Å². The molecule has 0 aliphatic carbocycles. The quantitative estimate of drug-likeness (QED) is 0.601. The Bertz CT molecular complexity index is 392. The first-order valence-corrected chi connectivity index (χ1v) is 6.62. The highest BCUT2D eigenvalue weighted by Crippen LogP contribution is 2.15. The monoisotopic (exact) mass is 254 g/mol. The van der Waals surface area contributed by atoms with E-state index in [1.54, 1.807) is 22.7 Å². The van der Waals surface area contributed by atoms with Crippen molar-refractivity contribution in [1.29, 1.82) is 0 Å². The molecule has 0 bridgehead atoms. The third-order valence-electron chi connectivity index (χ3n) is 1.77. The van der Waals surface area contributed by atoms with E-state index >= 15 is 0 Å². The van der Waals surface area contributed by atoms with Gasteiger partial charge in [-0.25, -0.2) is 0 Å². The number of thiophene rings is 2. The molecule has 0 aromatic carbocycles. The zero-order chi connectivity index (χ0) is 9.97. The van der Waals surface area contributed by atoms with E-state index in [-0.39, 0.29) is 0 Å². The second-order valence-corrected chi connectivity index (χ2v) is 5.06. The van der Waals surface area contributed by atoms with Gasteiger partial charge in [-0.2, -0.15) is 22.7 Å². The molecule has 2 heterocycles. The van der Waals surface area contributed by atoms with Gasteiger partial charge in [-0.3, -0.25) is 0 Å². The molecule has 0 saturated carbocycles. The maximum absolute atomic E-state index is 5.32. The summed E-state index contributed by atoms with van der Waals surface area (Å²) in [5, 5.41) is 8.08. The lowest BCUT2D eigenvalue weighted by molar-refractivity contribution is 1.89. The molecule has 2 aromatic rings. The first-order chi connectivity index (χ1) is 6.79. The summed E-state index contributed by atoms with van der Waals surface area (Å²) in [5.74, 6) is 0. The molecule has 70 valence electrons. The second kappa shape index (κ2) is 4.40. The largest absolute Gasteiger partial charge is 0.152 e. The Balaban J connectivity index is 2.26. The zero-order valence-corrected chi connectivity index (χ0v) is 10.4. The summed E-state index contributed by atoms with van der Waals surface area (Å²) in [4.78, 5) is 1.55. The highest BCUT2D eigenvalue weighted by atomic mass is 32.1. The van der Waals surface area contributed by atoms with Gasteiger partial charge < -0.3 is 0 Å². The SMILES string of the molecule is S=C(C(=S)c1ccsc1)c1ccsc1. The van der Waals surface area contributed by atoms with Gasteiger partial charge in [0.15, 0.2) is 0 Å². The van der Waals surface area contributed by atoms with Crippen LogP contribution in [0.25, 0.3) is 0 Å². The molecule has 0 N–H and O–H groups in total. The lowest BCUT2D eigenvalue weighted by atomic mass is 10.1. The molecule has 0 saturated heterocycles. The number of thiocarbonyl (C=S) groups is 2. The Kier molecular flexibility index (Phi) is 3.18. The van der Waals surface area contributed by atoms with Gasteiger partial charge in [0.1, 0.15) is 0 Å². The standard InChI is InChI=1S/C10H6S4/c11-9(7-1-3-13-5-7)10(12)8-2-4-14-6-8/h1-6H. The van der Waals surface area contributed by atoms with Crippen LogP contribution in [0.3, 0.4) is 0 Å². The molecule has 0 aliphatic heterocycles. The zero-order valence-electron chi connectivity index (χ0n) is 7.10. The second-order valence-electron chi connectivity index (χ2n) is 2.68. The molecular weight excluding hydrogens is 248 g/mol. The predicted molar refractivity (Wildman–Crippen MR) is 72.0 cm³/mol. The van der Waals surface area contributed by atoms with Crippen LogP contribution in [0.4, 0.5) is 0 Å². The number of hydrogen-bond acceptors (Lipinski definition) is 4. The van der Waals surface area contributed by atoms with Gasteiger partial charge in [-0.15, -0.1) is 0 Å². The minimum atomic E-state index is 0.777. The fourth-order valence-electron chi connectivity index (χ4n) is 1.05. The van der Waals surface area contributed by atoms with E-state index in [0.717, 1.165) is 20.9 Å². The molecule has 0 spiro atoms. The van der Waals surface area contributed by atoms with Crippen LogP contribution in [0.1, 0.15) is 11.1 Å². The van der Waals surface area contributed by atoms with E-state index in [9.17, 15) is 0 Å². The summed E-state index contributed by atoms with van der Waals surface area (Å²) in [6.07, 6.45) is 0. The van der Waals surface area contributed by atoms with E-state index in [0.29, 0.717) is 0 Å². The summed E-state index contributed by atoms with van der Waals surface area (Å²) >= 11 is 13.9. The average molecular weight is 254 g/mol. The Morgan fingerprint density at radius 2 is 1.29 bits per heavy atom. The van der Waals surface area contributed by atoms with Gasteiger partial charge in [0, 0.05) is 11.1 Å². The Hall–Kier alpha value is -0.420. The molecule has 0 fully saturated rings. The Labute approximate surface area is 101 Å². The van der Waals surface area contributed by atoms with E-state index in [4.69, 9.17) is 24.4 Å². The Morgan fingerprint density at radius 3 is 1.57 bits per heavy atom. The van der Waals surface area contributed by atoms with Crippen LogP contribution >= 0.6 is 47.1 Å². The first-order valence-electron chi connectivity index (χ1n) is 3.92. The number of rotatable bonds is 3. The van der Waals surface area contributed by atoms with Crippen molar-refractivity contribution >= 4 is 56.8 Å². The van der Waals surface area contributed by atoms with E-state index < -0.39 is 0 Å². The topological polar surface area (TPSA) is 0 Å². The molecule has 2 aromatic heterocycles. The minimum absolute atomic E-state index is 0.777. The maximum Gasteiger partial charge on any atom is 0.0644 e. The van der Waals surface area contributed by atoms with Crippen LogP contribution in [-0.4, -0.2) is 9.73 Å². The maximum atomic E-state index is 5.32. The van der Waals surface area contributed by atoms with Crippen molar-refractivity contribution in [3.63, 3.8) is 0 Å². The fraction of sp³-hybridized carbons (Fsp3) is 0. The highest BCUT2D eigenvalue weighted by Gasteiger charge is 2.10. The van der Waals surface area contributed by atoms with Crippen molar-refractivity contribution in [1.82, 2.24) is 0 Å². The van der Waals surface area contributed by atoms with Crippen LogP contribution in [-0.2, 0) is 0 Å². The van der Waals surface area contributed by atoms with Crippen molar-refractivity contribution in [2.75, 3.05) is 0 Å². The third-order valence-corrected chi connectivity index (χ3v) is 4.15. The molecule has 4 heteroatoms. The van der Waals surface area contributed by atoms with Crippen LogP contribution in [0.15, 0.2) is 33.7 Å². The molecule has 2 rings (SSSR count). The van der Waals surface area contributed by atoms with Gasteiger partial charge in [0.2, 0.25) is 0 Å². The first kappa shape index (κ1) is 10.1. The summed E-state index contributed by atoms with van der Waals surface area (Å²) < 4.78 is 0. The van der Waals surface area contributed by atoms with Gasteiger partial charge >= 0.3 is 0 Å². The van der Waals surface area contributed by atoms with Crippen molar-refractivity contribution in [2.24, 2.45) is 0 Å². The summed E-state index contributed by atoms with van der Waals surface area (Å²) in [6.45, 7) is 0. The summed E-state index contributed by atoms with van der Waals surface area (Å²) in [5.41, 5.74) is 2.11. The summed E-state index contributed by atoms with van der Waals surface area (Å²) in [7, 11) is 0. The van der Waals surface area contributed by atoms with Gasteiger partial charge in [0.05, 0.1) is 9.73 Å². The van der Waals surface area contributed by atoms with Crippen molar-refractivity contribution in [2.45, 2.75) is 0 Å². The van der Waals surface area contributed by atoms with Crippen LogP contribution in [0, 0.1) is 0 Å².